The van der Waals surface area contributed by atoms with Crippen LogP contribution in [-0.4, -0.2) is 36.9 Å². The Kier molecular flexibility index (Phi) is 5.78. The normalized spacial score (nSPS) is 19.4. The number of carbonyl (C=O) groups is 1. The standard InChI is InChI=1S/C21H28N6O2/c1-3-29-19(28)14-27-13-18(11-23-27)24-21-22-10-16-8-9-26(20(16)25-21)12-17-7-5-4-6-15(17)2/h8-11,13,15,17H,3-7,12,14H2,1-2H3,(H,22,24,25). The van der Waals surface area contributed by atoms with Gasteiger partial charge in [0.2, 0.25) is 5.95 Å². The molecule has 8 nitrogen and oxygen atoms in total. The maximum absolute atomic E-state index is 11.6. The van der Waals surface area contributed by atoms with E-state index in [4.69, 9.17) is 9.72 Å². The van der Waals surface area contributed by atoms with Crippen molar-refractivity contribution in [2.75, 3.05) is 11.9 Å². The number of hydrogen-bond donors (Lipinski definition) is 1. The lowest BCUT2D eigenvalue weighted by atomic mass is 9.80. The number of nitrogens with zero attached hydrogens (tertiary/aromatic N) is 5. The highest BCUT2D eigenvalue weighted by molar-refractivity contribution is 5.76. The fourth-order valence-corrected chi connectivity index (χ4v) is 4.08. The van der Waals surface area contributed by atoms with E-state index in [0.717, 1.165) is 29.2 Å². The molecule has 1 N–H and O–H groups in total. The van der Waals surface area contributed by atoms with Crippen LogP contribution in [0, 0.1) is 11.8 Å². The van der Waals surface area contributed by atoms with Crippen molar-refractivity contribution in [1.29, 1.82) is 0 Å². The Bertz CT molecular complexity index is 979. The summed E-state index contributed by atoms with van der Waals surface area (Å²) < 4.78 is 8.73. The number of rotatable bonds is 7. The van der Waals surface area contributed by atoms with Crippen molar-refractivity contribution in [1.82, 2.24) is 24.3 Å². The number of nitrogens with one attached hydrogen (secondary N) is 1. The van der Waals surface area contributed by atoms with Crippen molar-refractivity contribution in [2.45, 2.75) is 52.6 Å². The molecule has 0 radical (unpaired) electrons. The highest BCUT2D eigenvalue weighted by atomic mass is 16.5. The molecule has 3 aromatic heterocycles. The van der Waals surface area contributed by atoms with Crippen LogP contribution in [0.2, 0.25) is 0 Å². The molecule has 0 amide bonds. The summed E-state index contributed by atoms with van der Waals surface area (Å²) in [5.74, 6) is 1.66. The first-order chi connectivity index (χ1) is 14.1. The molecule has 1 fully saturated rings. The van der Waals surface area contributed by atoms with Crippen molar-refractivity contribution >= 4 is 28.6 Å². The van der Waals surface area contributed by atoms with Gasteiger partial charge in [-0.15, -0.1) is 0 Å². The molecule has 154 valence electrons. The first-order valence-corrected chi connectivity index (χ1v) is 10.4. The number of esters is 1. The van der Waals surface area contributed by atoms with E-state index in [0.29, 0.717) is 18.5 Å². The second kappa shape index (κ2) is 8.63. The zero-order valence-corrected chi connectivity index (χ0v) is 17.0. The predicted octanol–water partition coefficient (Wildman–Crippen LogP) is 3.76. The summed E-state index contributed by atoms with van der Waals surface area (Å²) in [4.78, 5) is 20.7. The minimum absolute atomic E-state index is 0.0812. The molecule has 1 aliphatic carbocycles. The molecule has 4 rings (SSSR count). The van der Waals surface area contributed by atoms with E-state index in [1.807, 2.05) is 6.20 Å². The molecule has 29 heavy (non-hydrogen) atoms. The number of ether oxygens (including phenoxy) is 1. The zero-order chi connectivity index (χ0) is 20.2. The zero-order valence-electron chi connectivity index (χ0n) is 17.0. The summed E-state index contributed by atoms with van der Waals surface area (Å²) in [6, 6.07) is 2.07. The summed E-state index contributed by atoms with van der Waals surface area (Å²) in [7, 11) is 0. The monoisotopic (exact) mass is 396 g/mol. The first-order valence-electron chi connectivity index (χ1n) is 10.4. The molecule has 0 aliphatic heterocycles. The van der Waals surface area contributed by atoms with Gasteiger partial charge < -0.3 is 14.6 Å². The Morgan fingerprint density at radius 2 is 2.17 bits per heavy atom. The van der Waals surface area contributed by atoms with Crippen molar-refractivity contribution in [3.05, 3.63) is 30.9 Å². The largest absolute Gasteiger partial charge is 0.465 e. The summed E-state index contributed by atoms with van der Waals surface area (Å²) in [5.41, 5.74) is 1.67. The van der Waals surface area contributed by atoms with Crippen LogP contribution in [0.25, 0.3) is 11.0 Å². The summed E-state index contributed by atoms with van der Waals surface area (Å²) >= 11 is 0. The van der Waals surface area contributed by atoms with Crippen LogP contribution in [0.3, 0.4) is 0 Å². The SMILES string of the molecule is CCOC(=O)Cn1cc(Nc2ncc3ccn(CC4CCCCC4C)c3n2)cn1. The predicted molar refractivity (Wildman–Crippen MR) is 111 cm³/mol. The van der Waals surface area contributed by atoms with Crippen LogP contribution in [-0.2, 0) is 22.6 Å². The first kappa shape index (κ1) is 19.4. The second-order valence-corrected chi connectivity index (χ2v) is 7.82. The van der Waals surface area contributed by atoms with Crippen molar-refractivity contribution in [3.63, 3.8) is 0 Å². The van der Waals surface area contributed by atoms with Gasteiger partial charge in [-0.25, -0.2) is 4.98 Å². The van der Waals surface area contributed by atoms with E-state index in [9.17, 15) is 4.79 Å². The molecule has 3 heterocycles. The van der Waals surface area contributed by atoms with Gasteiger partial charge in [0, 0.05) is 30.5 Å². The minimum atomic E-state index is -0.311. The number of anilines is 2. The van der Waals surface area contributed by atoms with E-state index in [1.165, 1.54) is 30.4 Å². The maximum Gasteiger partial charge on any atom is 0.327 e. The van der Waals surface area contributed by atoms with Crippen LogP contribution in [0.1, 0.15) is 39.5 Å². The number of carbonyl (C=O) groups excluding carboxylic acids is 1. The third kappa shape index (κ3) is 4.58. The van der Waals surface area contributed by atoms with Gasteiger partial charge in [-0.05, 0) is 31.2 Å². The van der Waals surface area contributed by atoms with Gasteiger partial charge in [0.1, 0.15) is 12.2 Å². The highest BCUT2D eigenvalue weighted by Gasteiger charge is 2.22. The molecule has 3 aromatic rings. The van der Waals surface area contributed by atoms with Crippen molar-refractivity contribution in [3.8, 4) is 0 Å². The van der Waals surface area contributed by atoms with Crippen LogP contribution in [0.5, 0.6) is 0 Å². The smallest absolute Gasteiger partial charge is 0.327 e. The average molecular weight is 396 g/mol. The minimum Gasteiger partial charge on any atom is -0.465 e. The van der Waals surface area contributed by atoms with E-state index in [1.54, 1.807) is 19.3 Å². The van der Waals surface area contributed by atoms with Gasteiger partial charge in [0.25, 0.3) is 0 Å². The molecule has 0 bridgehead atoms. The fourth-order valence-electron chi connectivity index (χ4n) is 4.08. The van der Waals surface area contributed by atoms with Gasteiger partial charge >= 0.3 is 5.97 Å². The molecule has 0 aromatic carbocycles. The van der Waals surface area contributed by atoms with E-state index in [2.05, 4.69) is 39.2 Å². The van der Waals surface area contributed by atoms with E-state index in [-0.39, 0.29) is 12.5 Å². The van der Waals surface area contributed by atoms with Crippen LogP contribution >= 0.6 is 0 Å². The summed E-state index contributed by atoms with van der Waals surface area (Å²) in [6.45, 7) is 5.59. The highest BCUT2D eigenvalue weighted by Crippen LogP contribution is 2.31. The van der Waals surface area contributed by atoms with Crippen molar-refractivity contribution in [2.24, 2.45) is 11.8 Å². The molecular weight excluding hydrogens is 368 g/mol. The van der Waals surface area contributed by atoms with Crippen LogP contribution in [0.4, 0.5) is 11.6 Å². The third-order valence-electron chi connectivity index (χ3n) is 5.71. The molecule has 1 aliphatic rings. The molecule has 8 heteroatoms. The van der Waals surface area contributed by atoms with Gasteiger partial charge in [-0.3, -0.25) is 9.48 Å². The van der Waals surface area contributed by atoms with Crippen LogP contribution < -0.4 is 5.32 Å². The number of hydrogen-bond acceptors (Lipinski definition) is 6. The Hall–Kier alpha value is -2.90. The van der Waals surface area contributed by atoms with Crippen LogP contribution in [0.15, 0.2) is 30.9 Å². The molecule has 1 saturated carbocycles. The lowest BCUT2D eigenvalue weighted by molar-refractivity contribution is -0.144. The molecular formula is C21H28N6O2. The topological polar surface area (TPSA) is 86.9 Å². The van der Waals surface area contributed by atoms with E-state index < -0.39 is 0 Å². The molecule has 2 atom stereocenters. The third-order valence-corrected chi connectivity index (χ3v) is 5.71. The molecule has 0 spiro atoms. The summed E-state index contributed by atoms with van der Waals surface area (Å²) in [5, 5.41) is 8.40. The quantitative estimate of drug-likeness (QED) is 0.612. The Balaban J connectivity index is 1.47. The fraction of sp³-hybridized carbons (Fsp3) is 0.524. The number of fused-ring (bicyclic) bond motifs is 1. The summed E-state index contributed by atoms with van der Waals surface area (Å²) in [6.07, 6.45) is 12.6. The lowest BCUT2D eigenvalue weighted by Crippen LogP contribution is -2.21. The lowest BCUT2D eigenvalue weighted by Gasteiger charge is -2.29. The van der Waals surface area contributed by atoms with Gasteiger partial charge in [-0.1, -0.05) is 26.2 Å². The number of aromatic nitrogens is 5. The van der Waals surface area contributed by atoms with Crippen molar-refractivity contribution < 1.29 is 9.53 Å². The van der Waals surface area contributed by atoms with Gasteiger partial charge in [0.05, 0.1) is 18.5 Å². The molecule has 0 saturated heterocycles. The maximum atomic E-state index is 11.6. The Labute approximate surface area is 170 Å². The van der Waals surface area contributed by atoms with E-state index >= 15 is 0 Å². The Morgan fingerprint density at radius 3 is 3.00 bits per heavy atom. The Morgan fingerprint density at radius 1 is 1.31 bits per heavy atom. The average Bonchev–Trinajstić information content (AvgIpc) is 3.31. The van der Waals surface area contributed by atoms with Gasteiger partial charge in [-0.2, -0.15) is 10.1 Å². The van der Waals surface area contributed by atoms with Gasteiger partial charge in [0.15, 0.2) is 0 Å². The second-order valence-electron chi connectivity index (χ2n) is 7.82. The molecule has 2 unspecified atom stereocenters.